The van der Waals surface area contributed by atoms with Crippen LogP contribution in [0.2, 0.25) is 0 Å². The van der Waals surface area contributed by atoms with Gasteiger partial charge in [0.25, 0.3) is 0 Å². The maximum atomic E-state index is 12.9. The first-order chi connectivity index (χ1) is 14.1. The van der Waals surface area contributed by atoms with Crippen molar-refractivity contribution < 1.29 is 14.3 Å². The molecule has 1 N–H and O–H groups in total. The molecule has 1 amide bonds. The smallest absolute Gasteiger partial charge is 0.225 e. The van der Waals surface area contributed by atoms with E-state index in [1.807, 2.05) is 25.1 Å². The number of carbonyl (C=O) groups is 1. The molecule has 29 heavy (non-hydrogen) atoms. The minimum Gasteiger partial charge on any atom is -0.497 e. The Hall–Kier alpha value is -2.89. The number of methoxy groups -OCH3 is 2. The number of amides is 1. The van der Waals surface area contributed by atoms with Crippen molar-refractivity contribution in [2.24, 2.45) is 5.92 Å². The molecule has 0 unspecified atom stereocenters. The highest BCUT2D eigenvalue weighted by atomic mass is 16.5. The monoisotopic (exact) mass is 395 g/mol. The zero-order chi connectivity index (χ0) is 20.4. The number of hydrogen-bond acceptors (Lipinski definition) is 5. The molecule has 2 aliphatic rings. The Morgan fingerprint density at radius 3 is 2.48 bits per heavy atom. The molecule has 1 saturated heterocycles. The second kappa shape index (κ2) is 8.23. The van der Waals surface area contributed by atoms with Crippen molar-refractivity contribution >= 4 is 17.3 Å². The number of fused-ring (bicyclic) bond motifs is 3. The Morgan fingerprint density at radius 2 is 1.79 bits per heavy atom. The van der Waals surface area contributed by atoms with Gasteiger partial charge in [0, 0.05) is 43.6 Å². The van der Waals surface area contributed by atoms with E-state index in [9.17, 15) is 4.79 Å². The van der Waals surface area contributed by atoms with Gasteiger partial charge in [0.05, 0.1) is 26.2 Å². The SMILES string of the molecule is CCNC(=O)[C@H]1Cc2ccc(OC)cc2N2CCN(c3ccc(OC)cc3)C[C@H]12. The highest BCUT2D eigenvalue weighted by Gasteiger charge is 2.41. The number of nitrogens with zero attached hydrogens (tertiary/aromatic N) is 2. The van der Waals surface area contributed by atoms with Crippen LogP contribution in [0.5, 0.6) is 11.5 Å². The molecule has 0 aliphatic carbocycles. The minimum absolute atomic E-state index is 0.0723. The van der Waals surface area contributed by atoms with Crippen molar-refractivity contribution in [3.63, 3.8) is 0 Å². The molecule has 0 radical (unpaired) electrons. The fraction of sp³-hybridized carbons (Fsp3) is 0.435. The predicted octanol–water partition coefficient (Wildman–Crippen LogP) is 2.71. The van der Waals surface area contributed by atoms with Crippen molar-refractivity contribution in [1.82, 2.24) is 5.32 Å². The average molecular weight is 396 g/mol. The topological polar surface area (TPSA) is 54.0 Å². The van der Waals surface area contributed by atoms with Gasteiger partial charge in [0.1, 0.15) is 11.5 Å². The molecule has 2 aliphatic heterocycles. The quantitative estimate of drug-likeness (QED) is 0.844. The third kappa shape index (κ3) is 3.71. The number of hydrogen-bond donors (Lipinski definition) is 1. The third-order valence-electron chi connectivity index (χ3n) is 6.05. The lowest BCUT2D eigenvalue weighted by molar-refractivity contribution is -0.125. The van der Waals surface area contributed by atoms with Gasteiger partial charge < -0.3 is 24.6 Å². The molecule has 6 nitrogen and oxygen atoms in total. The van der Waals surface area contributed by atoms with Crippen LogP contribution in [-0.4, -0.2) is 52.3 Å². The molecular weight excluding hydrogens is 366 g/mol. The zero-order valence-corrected chi connectivity index (χ0v) is 17.4. The van der Waals surface area contributed by atoms with E-state index < -0.39 is 0 Å². The van der Waals surface area contributed by atoms with Crippen LogP contribution < -0.4 is 24.6 Å². The molecule has 0 saturated carbocycles. The average Bonchev–Trinajstić information content (AvgIpc) is 2.78. The number of rotatable bonds is 5. The van der Waals surface area contributed by atoms with Gasteiger partial charge in [-0.2, -0.15) is 0 Å². The van der Waals surface area contributed by atoms with E-state index in [-0.39, 0.29) is 17.9 Å². The van der Waals surface area contributed by atoms with Crippen molar-refractivity contribution in [2.45, 2.75) is 19.4 Å². The van der Waals surface area contributed by atoms with Gasteiger partial charge in [0.15, 0.2) is 0 Å². The molecule has 0 spiro atoms. The first kappa shape index (κ1) is 19.4. The Bertz CT molecular complexity index is 868. The zero-order valence-electron chi connectivity index (χ0n) is 17.4. The van der Waals surface area contributed by atoms with Gasteiger partial charge in [-0.15, -0.1) is 0 Å². The summed E-state index contributed by atoms with van der Waals surface area (Å²) >= 11 is 0. The molecule has 2 heterocycles. The maximum absolute atomic E-state index is 12.9. The molecule has 1 fully saturated rings. The van der Waals surface area contributed by atoms with Crippen LogP contribution in [0.4, 0.5) is 11.4 Å². The van der Waals surface area contributed by atoms with Crippen molar-refractivity contribution in [1.29, 1.82) is 0 Å². The largest absolute Gasteiger partial charge is 0.497 e. The Morgan fingerprint density at radius 1 is 1.07 bits per heavy atom. The standard InChI is InChI=1S/C23H29N3O3/c1-4-24-23(27)20-13-16-5-8-19(29-3)14-21(16)26-12-11-25(15-22(20)26)17-6-9-18(28-2)10-7-17/h5-10,14,20,22H,4,11-13,15H2,1-3H3,(H,24,27)/t20-,22+/m0/s1. The molecule has 2 aromatic rings. The molecule has 0 aromatic heterocycles. The van der Waals surface area contributed by atoms with Gasteiger partial charge in [-0.3, -0.25) is 4.79 Å². The number of nitrogens with one attached hydrogen (secondary N) is 1. The van der Waals surface area contributed by atoms with E-state index in [1.54, 1.807) is 14.2 Å². The summed E-state index contributed by atoms with van der Waals surface area (Å²) in [5, 5.41) is 3.05. The van der Waals surface area contributed by atoms with Crippen molar-refractivity contribution in [3.05, 3.63) is 48.0 Å². The molecular formula is C23H29N3O3. The van der Waals surface area contributed by atoms with Crippen LogP contribution in [0.3, 0.4) is 0 Å². The summed E-state index contributed by atoms with van der Waals surface area (Å²) < 4.78 is 10.7. The van der Waals surface area contributed by atoms with E-state index in [0.29, 0.717) is 6.54 Å². The van der Waals surface area contributed by atoms with Crippen molar-refractivity contribution in [3.8, 4) is 11.5 Å². The van der Waals surface area contributed by atoms with Crippen LogP contribution in [0.25, 0.3) is 0 Å². The molecule has 2 atom stereocenters. The van der Waals surface area contributed by atoms with Crippen LogP contribution in [0.15, 0.2) is 42.5 Å². The van der Waals surface area contributed by atoms with Crippen LogP contribution in [0, 0.1) is 5.92 Å². The Balaban J connectivity index is 1.65. The Labute approximate surface area is 172 Å². The highest BCUT2D eigenvalue weighted by molar-refractivity contribution is 5.82. The van der Waals surface area contributed by atoms with Crippen molar-refractivity contribution in [2.75, 3.05) is 50.2 Å². The summed E-state index contributed by atoms with van der Waals surface area (Å²) in [5.41, 5.74) is 3.58. The van der Waals surface area contributed by atoms with Crippen LogP contribution >= 0.6 is 0 Å². The lowest BCUT2D eigenvalue weighted by Crippen LogP contribution is -2.61. The van der Waals surface area contributed by atoms with Gasteiger partial charge >= 0.3 is 0 Å². The minimum atomic E-state index is -0.0723. The lowest BCUT2D eigenvalue weighted by Gasteiger charge is -2.49. The summed E-state index contributed by atoms with van der Waals surface area (Å²) in [7, 11) is 3.37. The first-order valence-electron chi connectivity index (χ1n) is 10.2. The number of benzene rings is 2. The predicted molar refractivity (Wildman–Crippen MR) is 115 cm³/mol. The van der Waals surface area contributed by atoms with E-state index in [1.165, 1.54) is 11.3 Å². The number of carbonyl (C=O) groups excluding carboxylic acids is 1. The number of anilines is 2. The van der Waals surface area contributed by atoms with E-state index in [4.69, 9.17) is 9.47 Å². The van der Waals surface area contributed by atoms with Gasteiger partial charge in [-0.05, 0) is 49.2 Å². The molecule has 0 bridgehead atoms. The molecule has 6 heteroatoms. The van der Waals surface area contributed by atoms with E-state index >= 15 is 0 Å². The first-order valence-corrected chi connectivity index (χ1v) is 10.2. The third-order valence-corrected chi connectivity index (χ3v) is 6.05. The second-order valence-corrected chi connectivity index (χ2v) is 7.60. The normalized spacial score (nSPS) is 20.5. The highest BCUT2D eigenvalue weighted by Crippen LogP contribution is 2.39. The Kier molecular flexibility index (Phi) is 5.51. The van der Waals surface area contributed by atoms with Crippen LogP contribution in [-0.2, 0) is 11.2 Å². The fourth-order valence-corrected chi connectivity index (χ4v) is 4.54. The lowest BCUT2D eigenvalue weighted by atomic mass is 9.83. The number of ether oxygens (including phenoxy) is 2. The van der Waals surface area contributed by atoms with E-state index in [0.717, 1.165) is 43.2 Å². The molecule has 154 valence electrons. The second-order valence-electron chi connectivity index (χ2n) is 7.60. The molecule has 4 rings (SSSR count). The van der Waals surface area contributed by atoms with Gasteiger partial charge in [0.2, 0.25) is 5.91 Å². The summed E-state index contributed by atoms with van der Waals surface area (Å²) in [4.78, 5) is 17.7. The van der Waals surface area contributed by atoms with E-state index in [2.05, 4.69) is 39.4 Å². The van der Waals surface area contributed by atoms with Crippen LogP contribution in [0.1, 0.15) is 12.5 Å². The summed E-state index contributed by atoms with van der Waals surface area (Å²) in [6, 6.07) is 14.5. The molecule has 2 aromatic carbocycles. The summed E-state index contributed by atoms with van der Waals surface area (Å²) in [6.45, 7) is 5.21. The maximum Gasteiger partial charge on any atom is 0.225 e. The number of piperazine rings is 1. The fourth-order valence-electron chi connectivity index (χ4n) is 4.54. The van der Waals surface area contributed by atoms with Gasteiger partial charge in [-0.25, -0.2) is 0 Å². The summed E-state index contributed by atoms with van der Waals surface area (Å²) in [6.07, 6.45) is 0.753. The van der Waals surface area contributed by atoms with Gasteiger partial charge in [-0.1, -0.05) is 6.07 Å². The summed E-state index contributed by atoms with van der Waals surface area (Å²) in [5.74, 6) is 1.78.